The molecule has 1 aliphatic rings. The number of aryl methyl sites for hydroxylation is 1. The number of carbonyl (C=O) groups is 2. The smallest absolute Gasteiger partial charge is 0.247 e. The normalized spacial score (nSPS) is 14.8. The number of carbonyl (C=O) groups excluding carboxylic acids is 2. The SMILES string of the molecule is O=CN1CCN(C(=O)CCc2nnc(-c3ccccc3)o2)CC1. The first kappa shape index (κ1) is 15.2. The second-order valence-corrected chi connectivity index (χ2v) is 5.39. The molecule has 1 aliphatic heterocycles. The molecule has 0 aliphatic carbocycles. The predicted molar refractivity (Wildman–Crippen MR) is 82.3 cm³/mol. The number of benzene rings is 1. The van der Waals surface area contributed by atoms with Crippen molar-refractivity contribution in [3.63, 3.8) is 0 Å². The highest BCUT2D eigenvalue weighted by molar-refractivity contribution is 5.76. The molecule has 3 rings (SSSR count). The van der Waals surface area contributed by atoms with E-state index in [-0.39, 0.29) is 5.91 Å². The van der Waals surface area contributed by atoms with Crippen LogP contribution in [0, 0.1) is 0 Å². The van der Waals surface area contributed by atoms with Crippen molar-refractivity contribution in [3.05, 3.63) is 36.2 Å². The molecule has 2 aromatic rings. The summed E-state index contributed by atoms with van der Waals surface area (Å²) in [4.78, 5) is 26.3. The van der Waals surface area contributed by atoms with Crippen LogP contribution in [0.25, 0.3) is 11.5 Å². The van der Waals surface area contributed by atoms with Gasteiger partial charge >= 0.3 is 0 Å². The van der Waals surface area contributed by atoms with Crippen LogP contribution >= 0.6 is 0 Å². The van der Waals surface area contributed by atoms with Crippen molar-refractivity contribution in [1.29, 1.82) is 0 Å². The number of nitrogens with zero attached hydrogens (tertiary/aromatic N) is 4. The molecule has 1 saturated heterocycles. The van der Waals surface area contributed by atoms with Gasteiger partial charge in [-0.25, -0.2) is 0 Å². The highest BCUT2D eigenvalue weighted by atomic mass is 16.4. The van der Waals surface area contributed by atoms with Gasteiger partial charge in [0.15, 0.2) is 0 Å². The molecular weight excluding hydrogens is 296 g/mol. The summed E-state index contributed by atoms with van der Waals surface area (Å²) in [6.07, 6.45) is 1.58. The number of rotatable bonds is 5. The van der Waals surface area contributed by atoms with Gasteiger partial charge in [0.25, 0.3) is 0 Å². The van der Waals surface area contributed by atoms with Crippen molar-refractivity contribution in [2.24, 2.45) is 0 Å². The van der Waals surface area contributed by atoms with Crippen LogP contribution in [0.5, 0.6) is 0 Å². The molecule has 0 bridgehead atoms. The zero-order valence-corrected chi connectivity index (χ0v) is 12.7. The Balaban J connectivity index is 1.52. The third kappa shape index (κ3) is 3.74. The molecule has 0 spiro atoms. The van der Waals surface area contributed by atoms with Gasteiger partial charge in [0.05, 0.1) is 0 Å². The highest BCUT2D eigenvalue weighted by Gasteiger charge is 2.20. The van der Waals surface area contributed by atoms with E-state index in [9.17, 15) is 9.59 Å². The zero-order valence-electron chi connectivity index (χ0n) is 12.7. The number of aromatic nitrogens is 2. The maximum Gasteiger partial charge on any atom is 0.247 e. The van der Waals surface area contributed by atoms with Crippen molar-refractivity contribution in [2.75, 3.05) is 26.2 Å². The largest absolute Gasteiger partial charge is 0.421 e. The van der Waals surface area contributed by atoms with Gasteiger partial charge in [0.2, 0.25) is 24.1 Å². The van der Waals surface area contributed by atoms with Gasteiger partial charge in [-0.15, -0.1) is 10.2 Å². The summed E-state index contributed by atoms with van der Waals surface area (Å²) in [6.45, 7) is 2.34. The van der Waals surface area contributed by atoms with Crippen molar-refractivity contribution in [2.45, 2.75) is 12.8 Å². The highest BCUT2D eigenvalue weighted by Crippen LogP contribution is 2.17. The minimum absolute atomic E-state index is 0.0509. The van der Waals surface area contributed by atoms with E-state index in [2.05, 4.69) is 10.2 Å². The minimum Gasteiger partial charge on any atom is -0.421 e. The van der Waals surface area contributed by atoms with E-state index in [4.69, 9.17) is 4.42 Å². The first-order valence-corrected chi connectivity index (χ1v) is 7.61. The lowest BCUT2D eigenvalue weighted by atomic mass is 10.2. The number of hydrogen-bond acceptors (Lipinski definition) is 5. The van der Waals surface area contributed by atoms with Crippen molar-refractivity contribution >= 4 is 12.3 Å². The van der Waals surface area contributed by atoms with Crippen molar-refractivity contribution < 1.29 is 14.0 Å². The van der Waals surface area contributed by atoms with Crippen LogP contribution in [0.1, 0.15) is 12.3 Å². The Kier molecular flexibility index (Phi) is 4.65. The van der Waals surface area contributed by atoms with Gasteiger partial charge in [-0.2, -0.15) is 0 Å². The quantitative estimate of drug-likeness (QED) is 0.768. The fraction of sp³-hybridized carbons (Fsp3) is 0.375. The van der Waals surface area contributed by atoms with Gasteiger partial charge in [-0.3, -0.25) is 9.59 Å². The lowest BCUT2D eigenvalue weighted by Gasteiger charge is -2.32. The summed E-state index contributed by atoms with van der Waals surface area (Å²) < 4.78 is 5.59. The average Bonchev–Trinajstić information content (AvgIpc) is 3.09. The summed E-state index contributed by atoms with van der Waals surface area (Å²) in [5.74, 6) is 0.978. The van der Waals surface area contributed by atoms with E-state index in [1.807, 2.05) is 30.3 Å². The molecule has 7 nitrogen and oxygen atoms in total. The monoisotopic (exact) mass is 314 g/mol. The number of hydrogen-bond donors (Lipinski definition) is 0. The molecule has 0 radical (unpaired) electrons. The summed E-state index contributed by atoms with van der Waals surface area (Å²) in [7, 11) is 0. The van der Waals surface area contributed by atoms with Gasteiger partial charge < -0.3 is 14.2 Å². The molecule has 2 heterocycles. The van der Waals surface area contributed by atoms with E-state index in [0.29, 0.717) is 50.8 Å². The maximum atomic E-state index is 12.2. The fourth-order valence-corrected chi connectivity index (χ4v) is 2.50. The standard InChI is InChI=1S/C16H18N4O3/c21-12-19-8-10-20(11-9-19)15(22)7-6-14-17-18-16(23-14)13-4-2-1-3-5-13/h1-5,12H,6-11H2. The molecule has 2 amide bonds. The Morgan fingerprint density at radius 2 is 1.87 bits per heavy atom. The van der Waals surface area contributed by atoms with Crippen molar-refractivity contribution in [3.8, 4) is 11.5 Å². The Hall–Kier alpha value is -2.70. The average molecular weight is 314 g/mol. The molecule has 1 fully saturated rings. The Morgan fingerprint density at radius 1 is 1.13 bits per heavy atom. The van der Waals surface area contributed by atoms with Crippen LogP contribution in [0.15, 0.2) is 34.7 Å². The second kappa shape index (κ2) is 7.04. The van der Waals surface area contributed by atoms with Gasteiger partial charge in [-0.1, -0.05) is 18.2 Å². The van der Waals surface area contributed by atoms with Crippen LogP contribution in [0.4, 0.5) is 0 Å². The van der Waals surface area contributed by atoms with E-state index >= 15 is 0 Å². The van der Waals surface area contributed by atoms with E-state index in [0.717, 1.165) is 12.0 Å². The number of piperazine rings is 1. The van der Waals surface area contributed by atoms with Crippen LogP contribution in [-0.2, 0) is 16.0 Å². The molecule has 1 aromatic heterocycles. The van der Waals surface area contributed by atoms with Crippen LogP contribution in [-0.4, -0.2) is 58.5 Å². The molecule has 0 unspecified atom stereocenters. The summed E-state index contributed by atoms with van der Waals surface area (Å²) >= 11 is 0. The molecule has 1 aromatic carbocycles. The van der Waals surface area contributed by atoms with E-state index in [1.165, 1.54) is 0 Å². The van der Waals surface area contributed by atoms with Crippen molar-refractivity contribution in [1.82, 2.24) is 20.0 Å². The van der Waals surface area contributed by atoms with Crippen LogP contribution in [0.3, 0.4) is 0 Å². The van der Waals surface area contributed by atoms with Gasteiger partial charge in [0.1, 0.15) is 0 Å². The molecule has 23 heavy (non-hydrogen) atoms. The van der Waals surface area contributed by atoms with Crippen LogP contribution in [0.2, 0.25) is 0 Å². The molecular formula is C16H18N4O3. The Bertz CT molecular complexity index is 663. The van der Waals surface area contributed by atoms with Gasteiger partial charge in [0, 0.05) is 44.6 Å². The minimum atomic E-state index is 0.0509. The van der Waals surface area contributed by atoms with E-state index < -0.39 is 0 Å². The summed E-state index contributed by atoms with van der Waals surface area (Å²) in [6, 6.07) is 9.52. The molecule has 0 saturated carbocycles. The second-order valence-electron chi connectivity index (χ2n) is 5.39. The third-order valence-corrected chi connectivity index (χ3v) is 3.86. The lowest BCUT2D eigenvalue weighted by Crippen LogP contribution is -2.48. The molecule has 0 N–H and O–H groups in total. The summed E-state index contributed by atoms with van der Waals surface area (Å²) in [5.41, 5.74) is 0.863. The lowest BCUT2D eigenvalue weighted by molar-refractivity contribution is -0.135. The van der Waals surface area contributed by atoms with E-state index in [1.54, 1.807) is 9.80 Å². The zero-order chi connectivity index (χ0) is 16.1. The Morgan fingerprint density at radius 3 is 2.57 bits per heavy atom. The van der Waals surface area contributed by atoms with Crippen LogP contribution < -0.4 is 0 Å². The first-order chi connectivity index (χ1) is 11.3. The van der Waals surface area contributed by atoms with Gasteiger partial charge in [-0.05, 0) is 12.1 Å². The topological polar surface area (TPSA) is 79.5 Å². The predicted octanol–water partition coefficient (Wildman–Crippen LogP) is 0.970. The molecule has 120 valence electrons. The third-order valence-electron chi connectivity index (χ3n) is 3.86. The summed E-state index contributed by atoms with van der Waals surface area (Å²) in [5, 5.41) is 8.00. The first-order valence-electron chi connectivity index (χ1n) is 7.61. The molecule has 7 heteroatoms. The Labute approximate surface area is 133 Å². The fourth-order valence-electron chi connectivity index (χ4n) is 2.50. The molecule has 0 atom stereocenters. The number of amides is 2. The maximum absolute atomic E-state index is 12.2.